The topological polar surface area (TPSA) is 55.8 Å². The molecule has 0 aliphatic heterocycles. The van der Waals surface area contributed by atoms with Gasteiger partial charge in [0.15, 0.2) is 0 Å². The molecule has 4 nitrogen and oxygen atoms in total. The minimum absolute atomic E-state index is 0.192. The SMILES string of the molecule is CC/C=C\C/C=C\C/C=C\C/C=C\CCCOCC(CO)OC(=O)CCCCCCCCCCCCCCCCCCCCCCCCCC. The second-order valence-electron chi connectivity index (χ2n) is 14.4. The number of aliphatic hydroxyl groups is 1. The van der Waals surface area contributed by atoms with Gasteiger partial charge in [0.2, 0.25) is 0 Å². The highest BCUT2D eigenvalue weighted by atomic mass is 16.6. The first-order valence-electron chi connectivity index (χ1n) is 21.7. The Morgan fingerprint density at radius 1 is 0.500 bits per heavy atom. The number of unbranched alkanes of at least 4 members (excludes halogenated alkanes) is 24. The maximum absolute atomic E-state index is 12.2. The summed E-state index contributed by atoms with van der Waals surface area (Å²) in [6.45, 7) is 5.12. The van der Waals surface area contributed by atoms with E-state index in [0.29, 0.717) is 13.0 Å². The zero-order valence-electron chi connectivity index (χ0n) is 33.4. The van der Waals surface area contributed by atoms with Crippen LogP contribution >= 0.6 is 0 Å². The fourth-order valence-corrected chi connectivity index (χ4v) is 6.22. The van der Waals surface area contributed by atoms with Crippen molar-refractivity contribution in [3.8, 4) is 0 Å². The van der Waals surface area contributed by atoms with Gasteiger partial charge in [-0.25, -0.2) is 0 Å². The summed E-state index contributed by atoms with van der Waals surface area (Å²) in [5.74, 6) is -0.216. The smallest absolute Gasteiger partial charge is 0.306 e. The Kier molecular flexibility index (Phi) is 42.1. The van der Waals surface area contributed by atoms with E-state index in [0.717, 1.165) is 51.4 Å². The van der Waals surface area contributed by atoms with E-state index in [4.69, 9.17) is 9.47 Å². The molecule has 0 amide bonds. The lowest BCUT2D eigenvalue weighted by Crippen LogP contribution is -2.27. The number of rotatable bonds is 40. The lowest BCUT2D eigenvalue weighted by atomic mass is 10.0. The summed E-state index contributed by atoms with van der Waals surface area (Å²) in [5, 5.41) is 9.58. The van der Waals surface area contributed by atoms with Gasteiger partial charge in [0.05, 0.1) is 13.2 Å². The van der Waals surface area contributed by atoms with Crippen LogP contribution in [-0.4, -0.2) is 37.0 Å². The molecule has 0 aromatic carbocycles. The highest BCUT2D eigenvalue weighted by Crippen LogP contribution is 2.16. The van der Waals surface area contributed by atoms with Crippen molar-refractivity contribution in [2.45, 2.75) is 219 Å². The van der Waals surface area contributed by atoms with Gasteiger partial charge in [-0.3, -0.25) is 4.79 Å². The summed E-state index contributed by atoms with van der Waals surface area (Å²) in [6.07, 6.45) is 56.2. The van der Waals surface area contributed by atoms with Crippen LogP contribution in [0.5, 0.6) is 0 Å². The van der Waals surface area contributed by atoms with Crippen molar-refractivity contribution in [2.24, 2.45) is 0 Å². The minimum Gasteiger partial charge on any atom is -0.457 e. The van der Waals surface area contributed by atoms with Gasteiger partial charge in [-0.05, 0) is 44.9 Å². The van der Waals surface area contributed by atoms with Crippen LogP contribution in [0.15, 0.2) is 48.6 Å². The van der Waals surface area contributed by atoms with Crippen molar-refractivity contribution in [1.29, 1.82) is 0 Å². The molecule has 0 spiro atoms. The molecule has 292 valence electrons. The second-order valence-corrected chi connectivity index (χ2v) is 14.4. The molecule has 50 heavy (non-hydrogen) atoms. The molecule has 0 saturated heterocycles. The minimum atomic E-state index is -0.561. The van der Waals surface area contributed by atoms with E-state index in [9.17, 15) is 9.90 Å². The van der Waals surface area contributed by atoms with E-state index in [1.165, 1.54) is 141 Å². The van der Waals surface area contributed by atoms with Crippen LogP contribution in [-0.2, 0) is 14.3 Å². The van der Waals surface area contributed by atoms with Crippen molar-refractivity contribution in [2.75, 3.05) is 19.8 Å². The summed E-state index contributed by atoms with van der Waals surface area (Å²) in [5.41, 5.74) is 0. The van der Waals surface area contributed by atoms with Crippen LogP contribution in [0.3, 0.4) is 0 Å². The van der Waals surface area contributed by atoms with Crippen molar-refractivity contribution in [3.05, 3.63) is 48.6 Å². The number of hydrogen-bond donors (Lipinski definition) is 1. The van der Waals surface area contributed by atoms with Gasteiger partial charge in [0.25, 0.3) is 0 Å². The summed E-state index contributed by atoms with van der Waals surface area (Å²) < 4.78 is 11.1. The Morgan fingerprint density at radius 2 is 0.880 bits per heavy atom. The van der Waals surface area contributed by atoms with E-state index in [-0.39, 0.29) is 19.2 Å². The first-order chi connectivity index (χ1) is 24.7. The average Bonchev–Trinajstić information content (AvgIpc) is 3.12. The Labute approximate surface area is 312 Å². The number of carbonyl (C=O) groups is 1. The molecular formula is C46H84O4. The Morgan fingerprint density at radius 3 is 1.28 bits per heavy atom. The number of esters is 1. The van der Waals surface area contributed by atoms with Gasteiger partial charge < -0.3 is 14.6 Å². The van der Waals surface area contributed by atoms with Crippen LogP contribution in [0.1, 0.15) is 213 Å². The van der Waals surface area contributed by atoms with Gasteiger partial charge >= 0.3 is 5.97 Å². The number of hydrogen-bond acceptors (Lipinski definition) is 4. The van der Waals surface area contributed by atoms with Crippen LogP contribution in [0.4, 0.5) is 0 Å². The number of carbonyl (C=O) groups excluding carboxylic acids is 1. The zero-order valence-corrected chi connectivity index (χ0v) is 33.4. The van der Waals surface area contributed by atoms with Gasteiger partial charge in [-0.15, -0.1) is 0 Å². The van der Waals surface area contributed by atoms with Crippen LogP contribution in [0, 0.1) is 0 Å². The van der Waals surface area contributed by atoms with E-state index < -0.39 is 6.10 Å². The second kappa shape index (κ2) is 43.5. The van der Waals surface area contributed by atoms with Crippen LogP contribution in [0.25, 0.3) is 0 Å². The Bertz CT molecular complexity index is 783. The predicted molar refractivity (Wildman–Crippen MR) is 219 cm³/mol. The van der Waals surface area contributed by atoms with Crippen molar-refractivity contribution < 1.29 is 19.4 Å². The highest BCUT2D eigenvalue weighted by Gasteiger charge is 2.13. The maximum atomic E-state index is 12.2. The summed E-state index contributed by atoms with van der Waals surface area (Å²) in [6, 6.07) is 0. The summed E-state index contributed by atoms with van der Waals surface area (Å²) in [4.78, 5) is 12.2. The third kappa shape index (κ3) is 40.8. The highest BCUT2D eigenvalue weighted by molar-refractivity contribution is 5.69. The van der Waals surface area contributed by atoms with E-state index in [1.54, 1.807) is 0 Å². The standard InChI is InChI=1S/C46H84O4/c1-3-5-7-9-11-13-15-17-19-20-21-22-23-24-25-26-27-28-29-31-33-35-37-39-41-46(48)50-45(43-47)44-49-42-40-38-36-34-32-30-18-16-14-12-10-8-6-4-2/h6,8,12,14,18,30,34,36,45,47H,3-5,7,9-11,13,15-17,19-29,31-33,35,37-44H2,1-2H3/b8-6-,14-12-,30-18-,36-34-. The number of ether oxygens (including phenoxy) is 2. The third-order valence-electron chi connectivity index (χ3n) is 9.42. The lowest BCUT2D eigenvalue weighted by Gasteiger charge is -2.15. The molecule has 0 aliphatic rings. The lowest BCUT2D eigenvalue weighted by molar-refractivity contribution is -0.154. The fourth-order valence-electron chi connectivity index (χ4n) is 6.22. The normalized spacial score (nSPS) is 12.8. The van der Waals surface area contributed by atoms with Gasteiger partial charge in [0.1, 0.15) is 6.10 Å². The molecule has 0 saturated carbocycles. The van der Waals surface area contributed by atoms with Crippen LogP contribution in [0.2, 0.25) is 0 Å². The monoisotopic (exact) mass is 701 g/mol. The molecular weight excluding hydrogens is 617 g/mol. The van der Waals surface area contributed by atoms with Crippen molar-refractivity contribution in [3.63, 3.8) is 0 Å². The quantitative estimate of drug-likeness (QED) is 0.0393. The zero-order chi connectivity index (χ0) is 36.3. The average molecular weight is 701 g/mol. The van der Waals surface area contributed by atoms with E-state index in [2.05, 4.69) is 62.5 Å². The van der Waals surface area contributed by atoms with E-state index >= 15 is 0 Å². The molecule has 0 aromatic heterocycles. The van der Waals surface area contributed by atoms with E-state index in [1.807, 2.05) is 0 Å². The van der Waals surface area contributed by atoms with Gasteiger partial charge in [-0.1, -0.05) is 210 Å². The molecule has 0 aliphatic carbocycles. The van der Waals surface area contributed by atoms with Gasteiger partial charge in [0, 0.05) is 13.0 Å². The molecule has 1 N–H and O–H groups in total. The molecule has 0 rings (SSSR count). The molecule has 0 bridgehead atoms. The molecule has 0 aromatic rings. The third-order valence-corrected chi connectivity index (χ3v) is 9.42. The van der Waals surface area contributed by atoms with Crippen molar-refractivity contribution >= 4 is 5.97 Å². The summed E-state index contributed by atoms with van der Waals surface area (Å²) in [7, 11) is 0. The van der Waals surface area contributed by atoms with Crippen molar-refractivity contribution in [1.82, 2.24) is 0 Å². The Hall–Kier alpha value is -1.65. The van der Waals surface area contributed by atoms with Crippen LogP contribution < -0.4 is 0 Å². The molecule has 1 unspecified atom stereocenters. The van der Waals surface area contributed by atoms with Gasteiger partial charge in [-0.2, -0.15) is 0 Å². The number of allylic oxidation sites excluding steroid dienone is 8. The fraction of sp³-hybridized carbons (Fsp3) is 0.804. The molecule has 0 fully saturated rings. The summed E-state index contributed by atoms with van der Waals surface area (Å²) >= 11 is 0. The molecule has 4 heteroatoms. The predicted octanol–water partition coefficient (Wildman–Crippen LogP) is 14.3. The first-order valence-corrected chi connectivity index (χ1v) is 21.7. The molecule has 1 atom stereocenters. The number of aliphatic hydroxyl groups excluding tert-OH is 1. The maximum Gasteiger partial charge on any atom is 0.306 e. The first kappa shape index (κ1) is 48.3. The Balaban J connectivity index is 3.42. The molecule has 0 radical (unpaired) electrons. The largest absolute Gasteiger partial charge is 0.457 e. The molecule has 0 heterocycles.